The lowest BCUT2D eigenvalue weighted by molar-refractivity contribution is -0.142. The lowest BCUT2D eigenvalue weighted by Gasteiger charge is -2.23. The van der Waals surface area contributed by atoms with Gasteiger partial charge in [-0.05, 0) is 32.6 Å². The van der Waals surface area contributed by atoms with Crippen molar-refractivity contribution in [1.29, 1.82) is 0 Å². The number of nitrogens with zero attached hydrogens (tertiary/aromatic N) is 1. The van der Waals surface area contributed by atoms with Crippen LogP contribution >= 0.6 is 0 Å². The Morgan fingerprint density at radius 3 is 2.83 bits per heavy atom. The summed E-state index contributed by atoms with van der Waals surface area (Å²) in [5, 5.41) is 12.0. The Morgan fingerprint density at radius 2 is 2.22 bits per heavy atom. The van der Waals surface area contributed by atoms with E-state index in [0.29, 0.717) is 13.0 Å². The smallest absolute Gasteiger partial charge is 0.317 e. The molecule has 0 aromatic carbocycles. The van der Waals surface area contributed by atoms with Gasteiger partial charge in [0, 0.05) is 18.6 Å². The van der Waals surface area contributed by atoms with Gasteiger partial charge >= 0.3 is 12.0 Å². The largest absolute Gasteiger partial charge is 0.481 e. The molecule has 5 nitrogen and oxygen atoms in total. The molecule has 100 valence electrons. The Kier molecular flexibility index (Phi) is 3.89. The summed E-state index contributed by atoms with van der Waals surface area (Å²) in [6, 6.07) is -0.0808. The topological polar surface area (TPSA) is 69.6 Å². The molecule has 2 N–H and O–H groups in total. The summed E-state index contributed by atoms with van der Waals surface area (Å²) in [6.45, 7) is 2.55. The van der Waals surface area contributed by atoms with Crippen molar-refractivity contribution >= 4 is 12.0 Å². The maximum atomic E-state index is 12.0. The molecule has 0 spiro atoms. The van der Waals surface area contributed by atoms with E-state index < -0.39 is 5.97 Å². The van der Waals surface area contributed by atoms with Crippen LogP contribution in [0.25, 0.3) is 0 Å². The molecule has 2 amide bonds. The molecule has 2 rings (SSSR count). The number of carboxylic acids is 1. The fourth-order valence-corrected chi connectivity index (χ4v) is 3.09. The van der Waals surface area contributed by atoms with E-state index in [0.717, 1.165) is 19.3 Å². The SMILES string of the molecule is C/C=C/CCNC(=O)N1C2CCC1C(C(=O)O)C2. The van der Waals surface area contributed by atoms with E-state index in [2.05, 4.69) is 5.32 Å². The van der Waals surface area contributed by atoms with E-state index in [9.17, 15) is 9.59 Å². The van der Waals surface area contributed by atoms with Gasteiger partial charge in [0.2, 0.25) is 0 Å². The van der Waals surface area contributed by atoms with Gasteiger partial charge in [-0.2, -0.15) is 0 Å². The van der Waals surface area contributed by atoms with Crippen LogP contribution in [0.4, 0.5) is 4.79 Å². The molecule has 0 aromatic rings. The number of urea groups is 1. The lowest BCUT2D eigenvalue weighted by Crippen LogP contribution is -2.44. The van der Waals surface area contributed by atoms with E-state index in [1.807, 2.05) is 19.1 Å². The molecule has 2 heterocycles. The zero-order valence-electron chi connectivity index (χ0n) is 10.6. The van der Waals surface area contributed by atoms with E-state index in [1.54, 1.807) is 4.90 Å². The molecule has 0 radical (unpaired) electrons. The van der Waals surface area contributed by atoms with Gasteiger partial charge in [-0.15, -0.1) is 0 Å². The number of carbonyl (C=O) groups is 2. The average Bonchev–Trinajstić information content (AvgIpc) is 2.91. The van der Waals surface area contributed by atoms with Gasteiger partial charge < -0.3 is 15.3 Å². The van der Waals surface area contributed by atoms with Crippen LogP contribution in [0.3, 0.4) is 0 Å². The summed E-state index contributed by atoms with van der Waals surface area (Å²) in [7, 11) is 0. The highest BCUT2D eigenvalue weighted by atomic mass is 16.4. The van der Waals surface area contributed by atoms with Gasteiger partial charge in [-0.3, -0.25) is 4.79 Å². The highest BCUT2D eigenvalue weighted by molar-refractivity contribution is 5.79. The Morgan fingerprint density at radius 1 is 1.44 bits per heavy atom. The lowest BCUT2D eigenvalue weighted by atomic mass is 9.89. The molecule has 3 unspecified atom stereocenters. The number of allylic oxidation sites excluding steroid dienone is 1. The van der Waals surface area contributed by atoms with Gasteiger partial charge in [0.15, 0.2) is 0 Å². The molecule has 3 atom stereocenters. The number of rotatable bonds is 4. The normalized spacial score (nSPS) is 30.1. The highest BCUT2D eigenvalue weighted by Crippen LogP contribution is 2.41. The predicted molar refractivity (Wildman–Crippen MR) is 67.2 cm³/mol. The summed E-state index contributed by atoms with van der Waals surface area (Å²) in [4.78, 5) is 24.9. The van der Waals surface area contributed by atoms with Crippen LogP contribution in [0.1, 0.15) is 32.6 Å². The number of nitrogens with one attached hydrogen (secondary N) is 1. The van der Waals surface area contributed by atoms with Crippen molar-refractivity contribution in [2.45, 2.75) is 44.7 Å². The van der Waals surface area contributed by atoms with Crippen LogP contribution in [0, 0.1) is 5.92 Å². The predicted octanol–water partition coefficient (Wildman–Crippen LogP) is 1.60. The second-order valence-corrected chi connectivity index (χ2v) is 4.98. The zero-order chi connectivity index (χ0) is 13.1. The summed E-state index contributed by atoms with van der Waals surface area (Å²) in [5.41, 5.74) is 0. The van der Waals surface area contributed by atoms with Crippen LogP contribution in [0.5, 0.6) is 0 Å². The molecule has 0 aromatic heterocycles. The molecule has 2 saturated heterocycles. The van der Waals surface area contributed by atoms with Crippen molar-refractivity contribution in [3.63, 3.8) is 0 Å². The van der Waals surface area contributed by atoms with Crippen molar-refractivity contribution in [3.05, 3.63) is 12.2 Å². The first-order valence-electron chi connectivity index (χ1n) is 6.55. The Hall–Kier alpha value is -1.52. The Labute approximate surface area is 107 Å². The first-order valence-corrected chi connectivity index (χ1v) is 6.55. The zero-order valence-corrected chi connectivity index (χ0v) is 10.6. The Balaban J connectivity index is 1.89. The monoisotopic (exact) mass is 252 g/mol. The van der Waals surface area contributed by atoms with Crippen LogP contribution in [0.2, 0.25) is 0 Å². The highest BCUT2D eigenvalue weighted by Gasteiger charge is 2.51. The second kappa shape index (κ2) is 5.42. The van der Waals surface area contributed by atoms with Gasteiger partial charge in [0.05, 0.1) is 5.92 Å². The van der Waals surface area contributed by atoms with Gasteiger partial charge in [0.25, 0.3) is 0 Å². The van der Waals surface area contributed by atoms with E-state index in [1.165, 1.54) is 0 Å². The summed E-state index contributed by atoms with van der Waals surface area (Å²) >= 11 is 0. The maximum absolute atomic E-state index is 12.0. The minimum atomic E-state index is -0.770. The maximum Gasteiger partial charge on any atom is 0.317 e. The third-order valence-electron chi connectivity index (χ3n) is 3.91. The summed E-state index contributed by atoms with van der Waals surface area (Å²) < 4.78 is 0. The molecule has 2 aliphatic heterocycles. The number of aliphatic carboxylic acids is 1. The van der Waals surface area contributed by atoms with E-state index in [4.69, 9.17) is 5.11 Å². The number of carbonyl (C=O) groups excluding carboxylic acids is 1. The van der Waals surface area contributed by atoms with Gasteiger partial charge in [-0.1, -0.05) is 12.2 Å². The third kappa shape index (κ3) is 2.35. The van der Waals surface area contributed by atoms with Crippen molar-refractivity contribution in [2.24, 2.45) is 5.92 Å². The summed E-state index contributed by atoms with van der Waals surface area (Å²) in [6.07, 6.45) is 7.14. The van der Waals surface area contributed by atoms with Crippen LogP contribution in [-0.2, 0) is 4.79 Å². The Bertz CT molecular complexity index is 367. The minimum absolute atomic E-state index is 0.101. The molecule has 0 aliphatic carbocycles. The number of hydrogen-bond acceptors (Lipinski definition) is 2. The minimum Gasteiger partial charge on any atom is -0.481 e. The fraction of sp³-hybridized carbons (Fsp3) is 0.692. The molecule has 0 saturated carbocycles. The molecule has 2 fully saturated rings. The molecule has 5 heteroatoms. The van der Waals surface area contributed by atoms with Crippen molar-refractivity contribution in [3.8, 4) is 0 Å². The number of amides is 2. The fourth-order valence-electron chi connectivity index (χ4n) is 3.09. The first kappa shape index (κ1) is 12.9. The quantitative estimate of drug-likeness (QED) is 0.590. The molecule has 18 heavy (non-hydrogen) atoms. The molecule has 2 aliphatic rings. The van der Waals surface area contributed by atoms with Crippen LogP contribution < -0.4 is 5.32 Å². The summed E-state index contributed by atoms with van der Waals surface area (Å²) in [5.74, 6) is -1.14. The second-order valence-electron chi connectivity index (χ2n) is 4.98. The number of hydrogen-bond donors (Lipinski definition) is 2. The third-order valence-corrected chi connectivity index (χ3v) is 3.91. The van der Waals surface area contributed by atoms with E-state index >= 15 is 0 Å². The van der Waals surface area contributed by atoms with Crippen molar-refractivity contribution in [2.75, 3.05) is 6.54 Å². The van der Waals surface area contributed by atoms with Gasteiger partial charge in [0.1, 0.15) is 0 Å². The van der Waals surface area contributed by atoms with Crippen molar-refractivity contribution in [1.82, 2.24) is 10.2 Å². The molecule has 2 bridgehead atoms. The van der Waals surface area contributed by atoms with Crippen LogP contribution in [-0.4, -0.2) is 40.6 Å². The van der Waals surface area contributed by atoms with E-state index in [-0.39, 0.29) is 24.0 Å². The van der Waals surface area contributed by atoms with Crippen LogP contribution in [0.15, 0.2) is 12.2 Å². The number of fused-ring (bicyclic) bond motifs is 2. The first-order chi connectivity index (χ1) is 8.65. The van der Waals surface area contributed by atoms with Gasteiger partial charge in [-0.25, -0.2) is 4.79 Å². The molecular weight excluding hydrogens is 232 g/mol. The standard InChI is InChI=1S/C13H20N2O3/c1-2-3-4-7-14-13(18)15-9-5-6-11(15)10(8-9)12(16)17/h2-3,9-11H,4-8H2,1H3,(H,14,18)(H,16,17)/b3-2+. The average molecular weight is 252 g/mol. The molecular formula is C13H20N2O3. The van der Waals surface area contributed by atoms with Crippen molar-refractivity contribution < 1.29 is 14.7 Å². The number of carboxylic acid groups (broad SMARTS) is 1.